The van der Waals surface area contributed by atoms with Gasteiger partial charge in [0.2, 0.25) is 5.91 Å². The second-order valence-corrected chi connectivity index (χ2v) is 6.53. The maximum absolute atomic E-state index is 11.4. The Morgan fingerprint density at radius 3 is 2.48 bits per heavy atom. The monoisotopic (exact) mass is 465 g/mol. The Bertz CT molecular complexity index is 553. The summed E-state index contributed by atoms with van der Waals surface area (Å²) < 4.78 is 5.37. The van der Waals surface area contributed by atoms with Crippen molar-refractivity contribution in [3.05, 3.63) is 17.5 Å². The highest BCUT2D eigenvalue weighted by atomic mass is 127. The number of primary amides is 1. The summed E-state index contributed by atoms with van der Waals surface area (Å²) in [5, 5.41) is 10.4. The minimum Gasteiger partial charge on any atom is -0.369 e. The van der Waals surface area contributed by atoms with Gasteiger partial charge in [0.05, 0.1) is 11.1 Å². The predicted octanol–water partition coefficient (Wildman–Crippen LogP) is 2.76. The average molecular weight is 465 g/mol. The zero-order valence-corrected chi connectivity index (χ0v) is 18.2. The van der Waals surface area contributed by atoms with E-state index in [1.165, 1.54) is 0 Å². The molecule has 0 fully saturated rings. The van der Waals surface area contributed by atoms with E-state index in [1.54, 1.807) is 13.8 Å². The molecule has 0 saturated heterocycles. The third-order valence-corrected chi connectivity index (χ3v) is 4.08. The fourth-order valence-corrected chi connectivity index (χ4v) is 2.19. The van der Waals surface area contributed by atoms with Crippen molar-refractivity contribution in [3.8, 4) is 0 Å². The fraction of sp³-hybridized carbons (Fsp3) is 0.706. The van der Waals surface area contributed by atoms with E-state index in [4.69, 9.17) is 10.3 Å². The number of aliphatic imine (C=N–C) groups is 1. The molecule has 4 N–H and O–H groups in total. The molecule has 8 heteroatoms. The lowest BCUT2D eigenvalue weighted by atomic mass is 9.93. The molecule has 1 aromatic heterocycles. The van der Waals surface area contributed by atoms with Crippen molar-refractivity contribution in [3.63, 3.8) is 0 Å². The van der Waals surface area contributed by atoms with Crippen molar-refractivity contribution >= 4 is 35.8 Å². The molecule has 1 aromatic rings. The molecule has 0 bridgehead atoms. The average Bonchev–Trinajstić information content (AvgIpc) is 3.00. The Balaban J connectivity index is 0.00000576. The minimum atomic E-state index is -0.648. The molecule has 0 aliphatic rings. The molecule has 0 aliphatic heterocycles. The molecular weight excluding hydrogens is 433 g/mol. The molecule has 0 unspecified atom stereocenters. The van der Waals surface area contributed by atoms with Gasteiger partial charge in [-0.3, -0.25) is 4.79 Å². The molecule has 1 heterocycles. The van der Waals surface area contributed by atoms with Gasteiger partial charge in [-0.1, -0.05) is 19.0 Å². The van der Waals surface area contributed by atoms with Gasteiger partial charge in [0.1, 0.15) is 6.54 Å². The zero-order valence-electron chi connectivity index (χ0n) is 15.9. The maximum Gasteiger partial charge on any atom is 0.224 e. The van der Waals surface area contributed by atoms with E-state index in [2.05, 4.69) is 34.6 Å². The summed E-state index contributed by atoms with van der Waals surface area (Å²) in [6.45, 7) is 11.4. The van der Waals surface area contributed by atoms with E-state index in [-0.39, 0.29) is 29.9 Å². The van der Waals surface area contributed by atoms with Gasteiger partial charge in [0, 0.05) is 25.1 Å². The largest absolute Gasteiger partial charge is 0.369 e. The first-order valence-electron chi connectivity index (χ1n) is 8.61. The number of nitrogens with two attached hydrogens (primary N) is 1. The van der Waals surface area contributed by atoms with Crippen molar-refractivity contribution in [2.45, 2.75) is 59.9 Å². The summed E-state index contributed by atoms with van der Waals surface area (Å²) in [7, 11) is 0. The van der Waals surface area contributed by atoms with Crippen LogP contribution in [0.5, 0.6) is 0 Å². The van der Waals surface area contributed by atoms with Crippen LogP contribution in [-0.4, -0.2) is 30.1 Å². The summed E-state index contributed by atoms with van der Waals surface area (Å²) in [4.78, 5) is 15.9. The summed E-state index contributed by atoms with van der Waals surface area (Å²) in [6.07, 6.45) is 2.08. The second-order valence-electron chi connectivity index (χ2n) is 6.53. The quantitative estimate of drug-likeness (QED) is 0.296. The Morgan fingerprint density at radius 2 is 1.96 bits per heavy atom. The number of halogens is 1. The lowest BCUT2D eigenvalue weighted by Crippen LogP contribution is -2.46. The van der Waals surface area contributed by atoms with Crippen molar-refractivity contribution in [1.82, 2.24) is 15.8 Å². The van der Waals surface area contributed by atoms with Gasteiger partial charge in [-0.05, 0) is 33.6 Å². The lowest BCUT2D eigenvalue weighted by Gasteiger charge is -2.22. The second kappa shape index (κ2) is 11.3. The number of rotatable bonds is 9. The molecule has 0 radical (unpaired) electrons. The number of nitrogens with one attached hydrogen (secondary N) is 2. The first-order valence-corrected chi connectivity index (χ1v) is 8.61. The van der Waals surface area contributed by atoms with Gasteiger partial charge in [-0.2, -0.15) is 0 Å². The normalized spacial score (nSPS) is 12.0. The molecule has 144 valence electrons. The number of hydrogen-bond donors (Lipinski definition) is 3. The highest BCUT2D eigenvalue weighted by Crippen LogP contribution is 2.22. The van der Waals surface area contributed by atoms with Crippen LogP contribution in [0.1, 0.15) is 64.8 Å². The third kappa shape index (κ3) is 7.62. The van der Waals surface area contributed by atoms with Crippen LogP contribution in [0, 0.1) is 5.41 Å². The smallest absolute Gasteiger partial charge is 0.224 e. The predicted molar refractivity (Wildman–Crippen MR) is 111 cm³/mol. The number of carbonyl (C=O) groups is 1. The van der Waals surface area contributed by atoms with Gasteiger partial charge in [0.15, 0.2) is 11.7 Å². The first kappa shape index (κ1) is 23.7. The van der Waals surface area contributed by atoms with Gasteiger partial charge in [-0.25, -0.2) is 4.99 Å². The van der Waals surface area contributed by atoms with Crippen LogP contribution in [0.3, 0.4) is 0 Å². The van der Waals surface area contributed by atoms with Crippen LogP contribution in [0.15, 0.2) is 15.6 Å². The molecule has 0 atom stereocenters. The summed E-state index contributed by atoms with van der Waals surface area (Å²) >= 11 is 0. The topological polar surface area (TPSA) is 106 Å². The van der Waals surface area contributed by atoms with Crippen LogP contribution in [0.25, 0.3) is 0 Å². The Morgan fingerprint density at radius 1 is 1.32 bits per heavy atom. The molecule has 0 aromatic carbocycles. The molecule has 25 heavy (non-hydrogen) atoms. The van der Waals surface area contributed by atoms with Crippen molar-refractivity contribution in [2.75, 3.05) is 13.1 Å². The Labute approximate surface area is 167 Å². The van der Waals surface area contributed by atoms with Crippen LogP contribution in [0.4, 0.5) is 0 Å². The number of aromatic nitrogens is 1. The highest BCUT2D eigenvalue weighted by Gasteiger charge is 2.25. The Hall–Kier alpha value is -1.32. The standard InChI is InChI=1S/C17H31N5O2.HI/c1-6-12(7-2)14-9-13(24-22-14)10-20-16(19-8-3)21-11-17(4,5)15(18)23;/h9,12H,6-8,10-11H2,1-5H3,(H2,18,23)(H2,19,20,21);1H. The molecular formula is C17H32IN5O2. The minimum absolute atomic E-state index is 0. The van der Waals surface area contributed by atoms with Crippen LogP contribution in [0.2, 0.25) is 0 Å². The van der Waals surface area contributed by atoms with Crippen LogP contribution >= 0.6 is 24.0 Å². The molecule has 0 aliphatic carbocycles. The number of hydrogen-bond acceptors (Lipinski definition) is 4. The van der Waals surface area contributed by atoms with E-state index < -0.39 is 5.41 Å². The summed E-state index contributed by atoms with van der Waals surface area (Å²) in [5.74, 6) is 1.42. The number of nitrogens with zero attached hydrogens (tertiary/aromatic N) is 2. The van der Waals surface area contributed by atoms with Crippen LogP contribution < -0.4 is 16.4 Å². The van der Waals surface area contributed by atoms with Gasteiger partial charge >= 0.3 is 0 Å². The van der Waals surface area contributed by atoms with Crippen LogP contribution in [-0.2, 0) is 11.3 Å². The maximum atomic E-state index is 11.4. The number of guanidine groups is 1. The fourth-order valence-electron chi connectivity index (χ4n) is 2.19. The third-order valence-electron chi connectivity index (χ3n) is 4.08. The molecule has 1 rings (SSSR count). The number of carbonyl (C=O) groups excluding carboxylic acids is 1. The van der Waals surface area contributed by atoms with Gasteiger partial charge in [-0.15, -0.1) is 24.0 Å². The molecule has 0 saturated carbocycles. The molecule has 7 nitrogen and oxygen atoms in total. The van der Waals surface area contributed by atoms with E-state index in [9.17, 15) is 4.79 Å². The lowest BCUT2D eigenvalue weighted by molar-refractivity contribution is -0.125. The van der Waals surface area contributed by atoms with E-state index in [0.717, 1.165) is 30.8 Å². The highest BCUT2D eigenvalue weighted by molar-refractivity contribution is 14.0. The van der Waals surface area contributed by atoms with E-state index in [1.807, 2.05) is 13.0 Å². The van der Waals surface area contributed by atoms with Gasteiger partial charge in [0.25, 0.3) is 0 Å². The summed E-state index contributed by atoms with van der Waals surface area (Å²) in [6, 6.07) is 1.97. The van der Waals surface area contributed by atoms with Crippen molar-refractivity contribution in [1.29, 1.82) is 0 Å². The molecule has 0 spiro atoms. The SMILES string of the molecule is CCNC(=NCc1cc(C(CC)CC)no1)NCC(C)(C)C(N)=O.I. The van der Waals surface area contributed by atoms with E-state index >= 15 is 0 Å². The van der Waals surface area contributed by atoms with Crippen molar-refractivity contribution in [2.24, 2.45) is 16.1 Å². The number of amides is 1. The van der Waals surface area contributed by atoms with Gasteiger partial charge < -0.3 is 20.9 Å². The zero-order chi connectivity index (χ0) is 18.2. The first-order chi connectivity index (χ1) is 11.3. The summed E-state index contributed by atoms with van der Waals surface area (Å²) in [5.41, 5.74) is 5.73. The van der Waals surface area contributed by atoms with Crippen molar-refractivity contribution < 1.29 is 9.32 Å². The molecule has 1 amide bonds. The van der Waals surface area contributed by atoms with E-state index in [0.29, 0.717) is 25.0 Å². The Kier molecular flexibility index (Phi) is 10.7.